The van der Waals surface area contributed by atoms with E-state index in [0.29, 0.717) is 13.2 Å². The van der Waals surface area contributed by atoms with E-state index >= 15 is 0 Å². The van der Waals surface area contributed by atoms with Crippen LogP contribution in [0.25, 0.3) is 0 Å². The van der Waals surface area contributed by atoms with Crippen molar-refractivity contribution in [2.24, 2.45) is 0 Å². The number of carbonyl (C=O) groups is 2. The Morgan fingerprint density at radius 3 is 0.816 bits per heavy atom. The van der Waals surface area contributed by atoms with E-state index in [2.05, 4.69) is 13.8 Å². The van der Waals surface area contributed by atoms with Crippen molar-refractivity contribution in [3.05, 3.63) is 0 Å². The normalized spacial score (nSPS) is 10.5. The number of esters is 2. The molecule has 0 radical (unpaired) electrons. The van der Waals surface area contributed by atoms with Crippen LogP contribution in [-0.4, -0.2) is 84.3 Å². The van der Waals surface area contributed by atoms with E-state index in [0.717, 1.165) is 25.7 Å². The average molecular weight is 559 g/mol. The van der Waals surface area contributed by atoms with Crippen LogP contribution >= 0.6 is 0 Å². The number of hydrogen-bond acceptors (Lipinski definition) is 4. The molecule has 6 heteroatoms. The van der Waals surface area contributed by atoms with Crippen molar-refractivity contribution in [1.29, 1.82) is 0 Å². The number of ether oxygens (including phenoxy) is 2. The van der Waals surface area contributed by atoms with Crippen LogP contribution in [0.3, 0.4) is 0 Å². The number of hydrogen-bond donors (Lipinski definition) is 0. The average Bonchev–Trinajstić information content (AvgIpc) is 2.88. The predicted molar refractivity (Wildman–Crippen MR) is 168 cm³/mol. The molecule has 0 N–H and O–H groups in total. The summed E-state index contributed by atoms with van der Waals surface area (Å²) in [7, 11) is 0. The van der Waals surface area contributed by atoms with E-state index in [-0.39, 0.29) is 83.9 Å². The Labute approximate surface area is 281 Å². The van der Waals surface area contributed by atoms with Gasteiger partial charge in [-0.3, -0.25) is 9.59 Å². The standard InChI is InChI=1S/C32H62O4.2Na.2H/c1-3-5-7-9-11-13-15-17-19-21-23-25-29-35-31(33)27-28-32(34)36-30-26-24-22-20-18-16-14-12-10-8-6-4-2;;;;/h3-30H2,1-2H3;;;;. The van der Waals surface area contributed by atoms with Gasteiger partial charge in [-0.1, -0.05) is 155 Å². The van der Waals surface area contributed by atoms with Crippen LogP contribution in [-0.2, 0) is 19.1 Å². The summed E-state index contributed by atoms with van der Waals surface area (Å²) in [4.78, 5) is 23.6. The molecule has 38 heavy (non-hydrogen) atoms. The molecule has 0 saturated carbocycles. The Morgan fingerprint density at radius 1 is 0.368 bits per heavy atom. The van der Waals surface area contributed by atoms with E-state index in [1.807, 2.05) is 0 Å². The zero-order chi connectivity index (χ0) is 26.4. The molecule has 0 heterocycles. The Morgan fingerprint density at radius 2 is 0.579 bits per heavy atom. The van der Waals surface area contributed by atoms with Crippen LogP contribution in [0.1, 0.15) is 181 Å². The molecule has 0 fully saturated rings. The molecule has 0 aliphatic carbocycles. The third kappa shape index (κ3) is 36.9. The third-order valence-corrected chi connectivity index (χ3v) is 7.06. The molecule has 4 nitrogen and oxygen atoms in total. The van der Waals surface area contributed by atoms with Crippen molar-refractivity contribution in [1.82, 2.24) is 0 Å². The van der Waals surface area contributed by atoms with E-state index in [4.69, 9.17) is 9.47 Å². The Hall–Kier alpha value is 0.940. The first-order valence-electron chi connectivity index (χ1n) is 16.0. The zero-order valence-electron chi connectivity index (χ0n) is 24.4. The first-order chi connectivity index (χ1) is 17.7. The monoisotopic (exact) mass is 558 g/mol. The molecule has 0 aromatic carbocycles. The minimum absolute atomic E-state index is 0. The van der Waals surface area contributed by atoms with Crippen LogP contribution in [0.15, 0.2) is 0 Å². The van der Waals surface area contributed by atoms with Gasteiger partial charge in [-0.2, -0.15) is 0 Å². The molecule has 0 aliphatic rings. The first-order valence-corrected chi connectivity index (χ1v) is 16.0. The molecule has 0 unspecified atom stereocenters. The van der Waals surface area contributed by atoms with Gasteiger partial charge < -0.3 is 9.47 Å². The summed E-state index contributed by atoms with van der Waals surface area (Å²) in [5, 5.41) is 0. The van der Waals surface area contributed by atoms with Crippen molar-refractivity contribution >= 4 is 71.1 Å². The molecule has 0 bridgehead atoms. The van der Waals surface area contributed by atoms with Crippen LogP contribution in [0.5, 0.6) is 0 Å². The van der Waals surface area contributed by atoms with Crippen LogP contribution in [0.2, 0.25) is 0 Å². The minimum atomic E-state index is -0.277. The molecule has 0 atom stereocenters. The molecule has 0 amide bonds. The van der Waals surface area contributed by atoms with Gasteiger partial charge in [0.1, 0.15) is 0 Å². The second-order valence-electron chi connectivity index (χ2n) is 10.7. The Kier molecular flexibility index (Phi) is 43.3. The van der Waals surface area contributed by atoms with E-state index in [1.54, 1.807) is 0 Å². The Bertz CT molecular complexity index is 432. The van der Waals surface area contributed by atoms with Gasteiger partial charge in [-0.15, -0.1) is 0 Å². The SMILES string of the molecule is CCCCCCCCCCCCCCOC(=O)CCC(=O)OCCCCCCCCCCCCCC.[NaH].[NaH]. The van der Waals surface area contributed by atoms with E-state index in [9.17, 15) is 9.59 Å². The summed E-state index contributed by atoms with van der Waals surface area (Å²) >= 11 is 0. The quantitative estimate of drug-likeness (QED) is 0.0522. The maximum atomic E-state index is 11.8. The van der Waals surface area contributed by atoms with Gasteiger partial charge in [0.15, 0.2) is 0 Å². The predicted octanol–water partition coefficient (Wildman–Crippen LogP) is 8.96. The second-order valence-corrected chi connectivity index (χ2v) is 10.7. The fourth-order valence-corrected chi connectivity index (χ4v) is 4.61. The fourth-order valence-electron chi connectivity index (χ4n) is 4.61. The fraction of sp³-hybridized carbons (Fsp3) is 0.938. The maximum absolute atomic E-state index is 11.8. The van der Waals surface area contributed by atoms with Crippen molar-refractivity contribution in [3.63, 3.8) is 0 Å². The van der Waals surface area contributed by atoms with Crippen molar-refractivity contribution in [3.8, 4) is 0 Å². The molecule has 0 spiro atoms. The Balaban J connectivity index is -0.00000612. The van der Waals surface area contributed by atoms with Gasteiger partial charge in [-0.25, -0.2) is 0 Å². The first kappa shape index (κ1) is 43.4. The van der Waals surface area contributed by atoms with Gasteiger partial charge in [0.25, 0.3) is 0 Å². The summed E-state index contributed by atoms with van der Waals surface area (Å²) in [5.41, 5.74) is 0. The topological polar surface area (TPSA) is 52.6 Å². The summed E-state index contributed by atoms with van der Waals surface area (Å²) in [5.74, 6) is -0.555. The van der Waals surface area contributed by atoms with Crippen molar-refractivity contribution in [2.75, 3.05) is 13.2 Å². The van der Waals surface area contributed by atoms with Crippen LogP contribution in [0, 0.1) is 0 Å². The van der Waals surface area contributed by atoms with E-state index in [1.165, 1.54) is 128 Å². The van der Waals surface area contributed by atoms with Gasteiger partial charge in [0, 0.05) is 0 Å². The second kappa shape index (κ2) is 37.9. The van der Waals surface area contributed by atoms with E-state index < -0.39 is 0 Å². The third-order valence-electron chi connectivity index (χ3n) is 7.06. The van der Waals surface area contributed by atoms with Crippen molar-refractivity contribution in [2.45, 2.75) is 181 Å². The molecule has 0 aromatic rings. The number of unbranched alkanes of at least 4 members (excludes halogenated alkanes) is 22. The molecule has 0 aromatic heterocycles. The molecular weight excluding hydrogens is 494 g/mol. The molecule has 0 saturated heterocycles. The molecular formula is C32H64Na2O4. The van der Waals surface area contributed by atoms with Gasteiger partial charge in [-0.05, 0) is 12.8 Å². The number of carbonyl (C=O) groups excluding carboxylic acids is 2. The van der Waals surface area contributed by atoms with Crippen molar-refractivity contribution < 1.29 is 19.1 Å². The summed E-state index contributed by atoms with van der Waals surface area (Å²) in [6, 6.07) is 0. The van der Waals surface area contributed by atoms with Gasteiger partial charge in [0.05, 0.1) is 26.1 Å². The van der Waals surface area contributed by atoms with Gasteiger partial charge >= 0.3 is 71.1 Å². The molecule has 218 valence electrons. The number of rotatable bonds is 29. The van der Waals surface area contributed by atoms with Crippen LogP contribution in [0.4, 0.5) is 0 Å². The van der Waals surface area contributed by atoms with Crippen LogP contribution < -0.4 is 0 Å². The zero-order valence-corrected chi connectivity index (χ0v) is 24.4. The summed E-state index contributed by atoms with van der Waals surface area (Å²) in [6.07, 6.45) is 31.3. The molecule has 0 aliphatic heterocycles. The summed E-state index contributed by atoms with van der Waals surface area (Å²) < 4.78 is 10.5. The molecule has 0 rings (SSSR count). The van der Waals surface area contributed by atoms with Gasteiger partial charge in [0.2, 0.25) is 0 Å². The summed E-state index contributed by atoms with van der Waals surface area (Å²) in [6.45, 7) is 5.48.